The van der Waals surface area contributed by atoms with E-state index in [4.69, 9.17) is 16.3 Å². The van der Waals surface area contributed by atoms with E-state index < -0.39 is 0 Å². The predicted octanol–water partition coefficient (Wildman–Crippen LogP) is 3.51. The number of hydrogen-bond donors (Lipinski definition) is 1. The predicted molar refractivity (Wildman–Crippen MR) is 95.1 cm³/mol. The van der Waals surface area contributed by atoms with Gasteiger partial charge < -0.3 is 10.1 Å². The van der Waals surface area contributed by atoms with Crippen molar-refractivity contribution in [3.05, 3.63) is 69.7 Å². The zero-order valence-corrected chi connectivity index (χ0v) is 14.6. The number of hydrogen-bond acceptors (Lipinski definition) is 3. The smallest absolute Gasteiger partial charge is 0.337 e. The summed E-state index contributed by atoms with van der Waals surface area (Å²) < 4.78 is 4.79. The Hall–Kier alpha value is -2.33. The minimum absolute atomic E-state index is 0.000892. The second kappa shape index (κ2) is 5.88. The monoisotopic (exact) mass is 355 g/mol. The Bertz CT molecular complexity index is 879. The molecule has 0 aliphatic heterocycles. The van der Waals surface area contributed by atoms with Gasteiger partial charge in [-0.15, -0.1) is 0 Å². The quantitative estimate of drug-likeness (QED) is 0.857. The van der Waals surface area contributed by atoms with Crippen LogP contribution in [0.5, 0.6) is 0 Å². The van der Waals surface area contributed by atoms with Crippen LogP contribution in [-0.4, -0.2) is 25.0 Å². The Balaban J connectivity index is 1.53. The van der Waals surface area contributed by atoms with Gasteiger partial charge in [0.05, 0.1) is 23.3 Å². The molecular formula is C20H18ClNO3. The molecule has 0 aromatic heterocycles. The molecule has 4 nitrogen and oxygen atoms in total. The molecule has 1 fully saturated rings. The Morgan fingerprint density at radius 1 is 1.24 bits per heavy atom. The van der Waals surface area contributed by atoms with Crippen LogP contribution in [0.2, 0.25) is 5.02 Å². The van der Waals surface area contributed by atoms with E-state index in [1.54, 1.807) is 12.1 Å². The van der Waals surface area contributed by atoms with Crippen LogP contribution >= 0.6 is 11.6 Å². The number of methoxy groups -OCH3 is 1. The summed E-state index contributed by atoms with van der Waals surface area (Å²) in [5, 5.41) is 3.58. The van der Waals surface area contributed by atoms with E-state index in [1.807, 2.05) is 30.3 Å². The molecule has 25 heavy (non-hydrogen) atoms. The van der Waals surface area contributed by atoms with Gasteiger partial charge in [-0.2, -0.15) is 0 Å². The van der Waals surface area contributed by atoms with E-state index in [0.717, 1.165) is 19.3 Å². The first-order valence-corrected chi connectivity index (χ1v) is 8.70. The molecule has 2 unspecified atom stereocenters. The topological polar surface area (TPSA) is 55.4 Å². The van der Waals surface area contributed by atoms with Crippen molar-refractivity contribution in [3.8, 4) is 0 Å². The van der Waals surface area contributed by atoms with Gasteiger partial charge in [-0.3, -0.25) is 4.79 Å². The number of esters is 1. The molecular weight excluding hydrogens is 338 g/mol. The summed E-state index contributed by atoms with van der Waals surface area (Å²) in [4.78, 5) is 24.2. The molecule has 0 bridgehead atoms. The lowest BCUT2D eigenvalue weighted by molar-refractivity contribution is 0.0600. The van der Waals surface area contributed by atoms with Crippen molar-refractivity contribution < 1.29 is 14.3 Å². The van der Waals surface area contributed by atoms with Crippen LogP contribution in [0.1, 0.15) is 44.7 Å². The number of nitrogens with one attached hydrogen (secondary N) is 1. The van der Waals surface area contributed by atoms with Gasteiger partial charge in [0, 0.05) is 11.5 Å². The summed E-state index contributed by atoms with van der Waals surface area (Å²) in [6.45, 7) is 0. The largest absolute Gasteiger partial charge is 0.465 e. The highest BCUT2D eigenvalue weighted by atomic mass is 35.5. The maximum atomic E-state index is 12.5. The second-order valence-corrected chi connectivity index (χ2v) is 7.14. The average Bonchev–Trinajstić information content (AvgIpc) is 3.19. The molecule has 128 valence electrons. The summed E-state index contributed by atoms with van der Waals surface area (Å²) in [5.74, 6) is -0.449. The molecule has 0 saturated heterocycles. The van der Waals surface area contributed by atoms with Crippen LogP contribution in [0.25, 0.3) is 0 Å². The first-order chi connectivity index (χ1) is 12.0. The first kappa shape index (κ1) is 16.2. The van der Waals surface area contributed by atoms with Crippen molar-refractivity contribution in [2.45, 2.75) is 30.7 Å². The van der Waals surface area contributed by atoms with Crippen molar-refractivity contribution in [2.75, 3.05) is 7.11 Å². The number of halogens is 1. The molecule has 1 amide bonds. The third kappa shape index (κ3) is 2.61. The minimum atomic E-state index is -0.317. The van der Waals surface area contributed by atoms with Gasteiger partial charge in [-0.05, 0) is 54.7 Å². The third-order valence-corrected chi connectivity index (χ3v) is 5.73. The summed E-state index contributed by atoms with van der Waals surface area (Å²) in [6.07, 6.45) is 2.83. The van der Waals surface area contributed by atoms with Crippen molar-refractivity contribution in [3.63, 3.8) is 0 Å². The summed E-state index contributed by atoms with van der Waals surface area (Å²) in [7, 11) is 1.39. The van der Waals surface area contributed by atoms with Gasteiger partial charge in [0.2, 0.25) is 0 Å². The second-order valence-electron chi connectivity index (χ2n) is 6.73. The molecule has 1 saturated carbocycles. The molecule has 5 heteroatoms. The number of carbonyl (C=O) groups excluding carboxylic acids is 2. The molecule has 2 aliphatic rings. The minimum Gasteiger partial charge on any atom is -0.465 e. The van der Waals surface area contributed by atoms with Crippen molar-refractivity contribution in [1.29, 1.82) is 0 Å². The SMILES string of the molecule is COC(=O)c1ccc2c(c1)CCC21CC1NC(=O)c1ccccc1Cl. The first-order valence-electron chi connectivity index (χ1n) is 8.32. The van der Waals surface area contributed by atoms with Crippen molar-refractivity contribution in [1.82, 2.24) is 5.32 Å². The zero-order valence-electron chi connectivity index (χ0n) is 13.8. The number of benzene rings is 2. The van der Waals surface area contributed by atoms with E-state index in [9.17, 15) is 9.59 Å². The van der Waals surface area contributed by atoms with Crippen LogP contribution in [0.15, 0.2) is 42.5 Å². The molecule has 2 aromatic rings. The molecule has 2 atom stereocenters. The average molecular weight is 356 g/mol. The van der Waals surface area contributed by atoms with Crippen molar-refractivity contribution >= 4 is 23.5 Å². The number of aryl methyl sites for hydroxylation is 1. The standard InChI is InChI=1S/C20H18ClNO3/c1-25-19(24)13-6-7-15-12(10-13)8-9-20(15)11-17(20)22-18(23)14-4-2-3-5-16(14)21/h2-7,10,17H,8-9,11H2,1H3,(H,22,23). The summed E-state index contributed by atoms with van der Waals surface area (Å²) >= 11 is 6.11. The molecule has 1 N–H and O–H groups in total. The van der Waals surface area contributed by atoms with E-state index in [-0.39, 0.29) is 23.3 Å². The summed E-state index contributed by atoms with van der Waals surface area (Å²) in [5.41, 5.74) is 3.50. The zero-order chi connectivity index (χ0) is 17.6. The van der Waals surface area contributed by atoms with Crippen LogP contribution in [0, 0.1) is 0 Å². The summed E-state index contributed by atoms with van der Waals surface area (Å²) in [6, 6.07) is 12.9. The Morgan fingerprint density at radius 3 is 2.80 bits per heavy atom. The van der Waals surface area contributed by atoms with Gasteiger partial charge in [-0.25, -0.2) is 4.79 Å². The lowest BCUT2D eigenvalue weighted by Crippen LogP contribution is -2.30. The number of fused-ring (bicyclic) bond motifs is 2. The van der Waals surface area contributed by atoms with E-state index in [1.165, 1.54) is 18.2 Å². The van der Waals surface area contributed by atoms with Crippen LogP contribution in [-0.2, 0) is 16.6 Å². The van der Waals surface area contributed by atoms with E-state index in [0.29, 0.717) is 16.1 Å². The van der Waals surface area contributed by atoms with E-state index >= 15 is 0 Å². The molecule has 2 aliphatic carbocycles. The molecule has 4 rings (SSSR count). The van der Waals surface area contributed by atoms with Crippen LogP contribution < -0.4 is 5.32 Å². The fourth-order valence-electron chi connectivity index (χ4n) is 3.97. The third-order valence-electron chi connectivity index (χ3n) is 5.40. The highest BCUT2D eigenvalue weighted by molar-refractivity contribution is 6.33. The number of ether oxygens (including phenoxy) is 1. The Labute approximate surface area is 151 Å². The number of amides is 1. The number of carbonyl (C=O) groups is 2. The van der Waals surface area contributed by atoms with Gasteiger partial charge in [0.25, 0.3) is 5.91 Å². The van der Waals surface area contributed by atoms with E-state index in [2.05, 4.69) is 5.32 Å². The Kier molecular flexibility index (Phi) is 3.80. The Morgan fingerprint density at radius 2 is 2.04 bits per heavy atom. The molecule has 0 heterocycles. The molecule has 0 radical (unpaired) electrons. The van der Waals surface area contributed by atoms with Gasteiger partial charge >= 0.3 is 5.97 Å². The van der Waals surface area contributed by atoms with Crippen molar-refractivity contribution in [2.24, 2.45) is 0 Å². The van der Waals surface area contributed by atoms with Crippen LogP contribution in [0.4, 0.5) is 0 Å². The molecule has 1 spiro atoms. The fraction of sp³-hybridized carbons (Fsp3) is 0.300. The van der Waals surface area contributed by atoms with Gasteiger partial charge in [0.1, 0.15) is 0 Å². The highest BCUT2D eigenvalue weighted by Crippen LogP contribution is 2.57. The fourth-order valence-corrected chi connectivity index (χ4v) is 4.19. The van der Waals surface area contributed by atoms with Gasteiger partial charge in [0.15, 0.2) is 0 Å². The molecule has 2 aromatic carbocycles. The van der Waals surface area contributed by atoms with Gasteiger partial charge in [-0.1, -0.05) is 29.8 Å². The number of rotatable bonds is 3. The normalized spacial score (nSPS) is 23.2. The maximum absolute atomic E-state index is 12.5. The van der Waals surface area contributed by atoms with Crippen LogP contribution in [0.3, 0.4) is 0 Å². The lowest BCUT2D eigenvalue weighted by atomic mass is 9.96. The maximum Gasteiger partial charge on any atom is 0.337 e. The highest BCUT2D eigenvalue weighted by Gasteiger charge is 2.58. The lowest BCUT2D eigenvalue weighted by Gasteiger charge is -2.13.